The third kappa shape index (κ3) is 7.01. The number of rotatable bonds is 9. The Morgan fingerprint density at radius 1 is 1.04 bits per heavy atom. The average Bonchev–Trinajstić information content (AvgIpc) is 2.64. The zero-order valence-corrected chi connectivity index (χ0v) is 16.0. The van der Waals surface area contributed by atoms with Crippen molar-refractivity contribution in [1.82, 2.24) is 0 Å². The number of benzene rings is 2. The van der Waals surface area contributed by atoms with Gasteiger partial charge in [0.1, 0.15) is 5.75 Å². The fourth-order valence-corrected chi connectivity index (χ4v) is 2.31. The van der Waals surface area contributed by atoms with Crippen LogP contribution in [0.25, 0.3) is 0 Å². The molecule has 0 heterocycles. The summed E-state index contributed by atoms with van der Waals surface area (Å²) in [5.74, 6) is 0.189. The molecule has 144 valence electrons. The number of esters is 1. The van der Waals surface area contributed by atoms with Crippen molar-refractivity contribution < 1.29 is 19.1 Å². The third-order valence-corrected chi connectivity index (χ3v) is 3.50. The number of carbonyl (C=O) groups excluding carboxylic acids is 2. The Kier molecular flexibility index (Phi) is 7.67. The Balaban J connectivity index is 1.84. The van der Waals surface area contributed by atoms with Gasteiger partial charge < -0.3 is 20.1 Å². The van der Waals surface area contributed by atoms with Crippen molar-refractivity contribution in [3.8, 4) is 5.75 Å². The summed E-state index contributed by atoms with van der Waals surface area (Å²) in [7, 11) is 0. The van der Waals surface area contributed by atoms with Gasteiger partial charge in [0.2, 0.25) is 5.91 Å². The van der Waals surface area contributed by atoms with Gasteiger partial charge >= 0.3 is 5.97 Å². The fourth-order valence-electron chi connectivity index (χ4n) is 2.31. The highest BCUT2D eigenvalue weighted by atomic mass is 16.5. The van der Waals surface area contributed by atoms with Crippen LogP contribution >= 0.6 is 0 Å². The molecule has 2 N–H and O–H groups in total. The first kappa shape index (κ1) is 20.3. The topological polar surface area (TPSA) is 76.7 Å². The monoisotopic (exact) mass is 370 g/mol. The van der Waals surface area contributed by atoms with Crippen LogP contribution in [0.4, 0.5) is 11.4 Å². The van der Waals surface area contributed by atoms with Crippen LogP contribution in [0.5, 0.6) is 5.75 Å². The number of nitrogens with one attached hydrogen (secondary N) is 2. The maximum Gasteiger partial charge on any atom is 0.338 e. The standard InChI is InChI=1S/C21H26N2O4/c1-4-12-26-21(25)16-8-10-17(11-9-16)22-14-20(24)23-18-6-5-7-19(13-18)27-15(2)3/h5-11,13,15,22H,4,12,14H2,1-3H3,(H,23,24). The molecule has 0 unspecified atom stereocenters. The molecule has 0 atom stereocenters. The molecule has 0 bridgehead atoms. The van der Waals surface area contributed by atoms with E-state index in [9.17, 15) is 9.59 Å². The number of amides is 1. The van der Waals surface area contributed by atoms with Gasteiger partial charge in [0.25, 0.3) is 0 Å². The van der Waals surface area contributed by atoms with Crippen LogP contribution in [0.1, 0.15) is 37.6 Å². The molecule has 6 nitrogen and oxygen atoms in total. The molecule has 0 aliphatic rings. The van der Waals surface area contributed by atoms with Gasteiger partial charge in [-0.2, -0.15) is 0 Å². The highest BCUT2D eigenvalue weighted by molar-refractivity contribution is 5.94. The minimum absolute atomic E-state index is 0.0693. The Labute approximate surface area is 159 Å². The van der Waals surface area contributed by atoms with Crippen LogP contribution in [-0.2, 0) is 9.53 Å². The van der Waals surface area contributed by atoms with Crippen LogP contribution in [-0.4, -0.2) is 31.1 Å². The first-order chi connectivity index (χ1) is 13.0. The summed E-state index contributed by atoms with van der Waals surface area (Å²) < 4.78 is 10.7. The predicted molar refractivity (Wildman–Crippen MR) is 106 cm³/mol. The molecular weight excluding hydrogens is 344 g/mol. The van der Waals surface area contributed by atoms with E-state index >= 15 is 0 Å². The highest BCUT2D eigenvalue weighted by Gasteiger charge is 2.07. The highest BCUT2D eigenvalue weighted by Crippen LogP contribution is 2.18. The van der Waals surface area contributed by atoms with E-state index in [1.54, 1.807) is 30.3 Å². The summed E-state index contributed by atoms with van der Waals surface area (Å²) in [5.41, 5.74) is 1.91. The summed E-state index contributed by atoms with van der Waals surface area (Å²) in [6, 6.07) is 14.1. The second-order valence-electron chi connectivity index (χ2n) is 6.31. The van der Waals surface area contributed by atoms with E-state index in [0.29, 0.717) is 23.6 Å². The zero-order valence-electron chi connectivity index (χ0n) is 16.0. The molecular formula is C21H26N2O4. The van der Waals surface area contributed by atoms with Gasteiger partial charge in [-0.3, -0.25) is 4.79 Å². The lowest BCUT2D eigenvalue weighted by Gasteiger charge is -2.12. The van der Waals surface area contributed by atoms with Crippen molar-refractivity contribution in [1.29, 1.82) is 0 Å². The first-order valence-electron chi connectivity index (χ1n) is 9.05. The molecule has 0 aromatic heterocycles. The van der Waals surface area contributed by atoms with Crippen molar-refractivity contribution in [3.63, 3.8) is 0 Å². The summed E-state index contributed by atoms with van der Waals surface area (Å²) in [4.78, 5) is 23.9. The van der Waals surface area contributed by atoms with E-state index in [1.807, 2.05) is 39.0 Å². The van der Waals surface area contributed by atoms with E-state index in [4.69, 9.17) is 9.47 Å². The van der Waals surface area contributed by atoms with Gasteiger partial charge in [0, 0.05) is 17.4 Å². The molecule has 2 aromatic rings. The van der Waals surface area contributed by atoms with Crippen molar-refractivity contribution in [2.75, 3.05) is 23.8 Å². The summed E-state index contributed by atoms with van der Waals surface area (Å²) in [6.07, 6.45) is 0.854. The molecule has 0 spiro atoms. The minimum Gasteiger partial charge on any atom is -0.491 e. The molecule has 0 aliphatic carbocycles. The van der Waals surface area contributed by atoms with Crippen molar-refractivity contribution in [2.24, 2.45) is 0 Å². The molecule has 0 radical (unpaired) electrons. The van der Waals surface area contributed by atoms with Crippen LogP contribution in [0.2, 0.25) is 0 Å². The molecule has 27 heavy (non-hydrogen) atoms. The second-order valence-corrected chi connectivity index (χ2v) is 6.31. The lowest BCUT2D eigenvalue weighted by atomic mass is 10.2. The van der Waals surface area contributed by atoms with Gasteiger partial charge in [-0.1, -0.05) is 13.0 Å². The smallest absolute Gasteiger partial charge is 0.338 e. The van der Waals surface area contributed by atoms with E-state index in [-0.39, 0.29) is 24.5 Å². The largest absolute Gasteiger partial charge is 0.491 e. The summed E-state index contributed by atoms with van der Waals surface area (Å²) in [5, 5.41) is 5.85. The van der Waals surface area contributed by atoms with Crippen LogP contribution in [0.3, 0.4) is 0 Å². The quantitative estimate of drug-likeness (QED) is 0.650. The molecule has 0 aliphatic heterocycles. The maximum absolute atomic E-state index is 12.1. The van der Waals surface area contributed by atoms with Gasteiger partial charge in [-0.25, -0.2) is 4.79 Å². The second kappa shape index (κ2) is 10.2. The molecule has 0 saturated heterocycles. The predicted octanol–water partition coefficient (Wildman–Crippen LogP) is 4.09. The Hall–Kier alpha value is -3.02. The summed E-state index contributed by atoms with van der Waals surface area (Å²) in [6.45, 7) is 6.35. The molecule has 2 aromatic carbocycles. The van der Waals surface area contributed by atoms with Crippen molar-refractivity contribution in [3.05, 3.63) is 54.1 Å². The normalized spacial score (nSPS) is 10.4. The number of hydrogen-bond acceptors (Lipinski definition) is 5. The van der Waals surface area contributed by atoms with E-state index < -0.39 is 0 Å². The van der Waals surface area contributed by atoms with Gasteiger partial charge in [-0.15, -0.1) is 0 Å². The van der Waals surface area contributed by atoms with Crippen LogP contribution in [0.15, 0.2) is 48.5 Å². The maximum atomic E-state index is 12.1. The van der Waals surface area contributed by atoms with Crippen LogP contribution < -0.4 is 15.4 Å². The number of anilines is 2. The summed E-state index contributed by atoms with van der Waals surface area (Å²) >= 11 is 0. The molecule has 2 rings (SSSR count). The van der Waals surface area contributed by atoms with E-state index in [1.165, 1.54) is 0 Å². The molecule has 0 fully saturated rings. The van der Waals surface area contributed by atoms with Crippen molar-refractivity contribution in [2.45, 2.75) is 33.3 Å². The molecule has 1 amide bonds. The van der Waals surface area contributed by atoms with Crippen LogP contribution in [0, 0.1) is 0 Å². The first-order valence-corrected chi connectivity index (χ1v) is 9.05. The average molecular weight is 370 g/mol. The zero-order chi connectivity index (χ0) is 19.6. The Morgan fingerprint density at radius 3 is 2.44 bits per heavy atom. The van der Waals surface area contributed by atoms with Gasteiger partial charge in [-0.05, 0) is 56.7 Å². The molecule has 6 heteroatoms. The van der Waals surface area contributed by atoms with Crippen molar-refractivity contribution >= 4 is 23.3 Å². The number of carbonyl (C=O) groups is 2. The fraction of sp³-hybridized carbons (Fsp3) is 0.333. The minimum atomic E-state index is -0.343. The number of hydrogen-bond donors (Lipinski definition) is 2. The SMILES string of the molecule is CCCOC(=O)c1ccc(NCC(=O)Nc2cccc(OC(C)C)c2)cc1. The third-order valence-electron chi connectivity index (χ3n) is 3.50. The lowest BCUT2D eigenvalue weighted by Crippen LogP contribution is -2.21. The van der Waals surface area contributed by atoms with Gasteiger partial charge in [0.05, 0.1) is 24.8 Å². The van der Waals surface area contributed by atoms with E-state index in [0.717, 1.165) is 12.1 Å². The van der Waals surface area contributed by atoms with Gasteiger partial charge in [0.15, 0.2) is 0 Å². The molecule has 0 saturated carbocycles. The number of ether oxygens (including phenoxy) is 2. The Bertz CT molecular complexity index is 757. The lowest BCUT2D eigenvalue weighted by molar-refractivity contribution is -0.114. The Morgan fingerprint density at radius 2 is 1.78 bits per heavy atom. The van der Waals surface area contributed by atoms with E-state index in [2.05, 4.69) is 10.6 Å².